The van der Waals surface area contributed by atoms with Gasteiger partial charge in [-0.2, -0.15) is 0 Å². The Balaban J connectivity index is 2.15. The highest BCUT2D eigenvalue weighted by Gasteiger charge is 2.13. The number of unbranched alkanes of at least 4 members (excludes halogenated alkanes) is 1. The molecule has 0 bridgehead atoms. The lowest BCUT2D eigenvalue weighted by atomic mass is 10.1. The molecule has 1 aromatic carbocycles. The number of anilines is 1. The Hall–Kier alpha value is -1.94. The van der Waals surface area contributed by atoms with Crippen LogP contribution in [0.25, 0.3) is 10.8 Å². The minimum absolute atomic E-state index is 0.127. The summed E-state index contributed by atoms with van der Waals surface area (Å²) in [5.74, 6) is -0.127. The summed E-state index contributed by atoms with van der Waals surface area (Å²) < 4.78 is 0. The van der Waals surface area contributed by atoms with Gasteiger partial charge in [0, 0.05) is 28.9 Å². The van der Waals surface area contributed by atoms with Gasteiger partial charge in [0.25, 0.3) is 0 Å². The van der Waals surface area contributed by atoms with E-state index in [1.807, 2.05) is 24.3 Å². The molecule has 0 saturated heterocycles. The molecule has 2 rings (SSSR count). The van der Waals surface area contributed by atoms with Crippen molar-refractivity contribution in [1.82, 2.24) is 4.98 Å². The Morgan fingerprint density at radius 1 is 1.42 bits per heavy atom. The fourth-order valence-corrected chi connectivity index (χ4v) is 2.01. The Bertz CT molecular complexity index is 563. The Labute approximate surface area is 113 Å². The summed E-state index contributed by atoms with van der Waals surface area (Å²) in [4.78, 5) is 16.1. The molecular weight excluding hydrogens is 238 g/mol. The molecule has 1 aromatic heterocycles. The predicted octanol–water partition coefficient (Wildman–Crippen LogP) is 2.69. The number of amides is 1. The molecule has 19 heavy (non-hydrogen) atoms. The third-order valence-electron chi connectivity index (χ3n) is 3.14. The number of hydrogen-bond donors (Lipinski definition) is 2. The molecule has 2 aromatic rings. The van der Waals surface area contributed by atoms with Gasteiger partial charge < -0.3 is 11.1 Å². The van der Waals surface area contributed by atoms with Crippen molar-refractivity contribution in [2.75, 3.05) is 5.32 Å². The highest BCUT2D eigenvalue weighted by molar-refractivity contribution is 6.03. The highest BCUT2D eigenvalue weighted by atomic mass is 16.2. The van der Waals surface area contributed by atoms with Crippen molar-refractivity contribution < 1.29 is 4.79 Å². The average Bonchev–Trinajstić information content (AvgIpc) is 2.45. The van der Waals surface area contributed by atoms with E-state index < -0.39 is 6.04 Å². The standard InChI is InChI=1S/C15H19N3O/c1-2-3-6-13(16)15(19)18-14-7-4-5-11-10-17-9-8-12(11)14/h4-5,7-10,13H,2-3,6,16H2,1H3,(H,18,19). The SMILES string of the molecule is CCCCC(N)C(=O)Nc1cccc2cnccc12. The van der Waals surface area contributed by atoms with Crippen molar-refractivity contribution >= 4 is 22.4 Å². The van der Waals surface area contributed by atoms with Crippen LogP contribution in [0.1, 0.15) is 26.2 Å². The quantitative estimate of drug-likeness (QED) is 0.865. The first-order valence-corrected chi connectivity index (χ1v) is 6.61. The first-order chi connectivity index (χ1) is 9.22. The van der Waals surface area contributed by atoms with Gasteiger partial charge in [0.2, 0.25) is 5.91 Å². The van der Waals surface area contributed by atoms with E-state index in [-0.39, 0.29) is 5.91 Å². The third-order valence-corrected chi connectivity index (χ3v) is 3.14. The largest absolute Gasteiger partial charge is 0.324 e. The van der Waals surface area contributed by atoms with Gasteiger partial charge in [0.05, 0.1) is 6.04 Å². The van der Waals surface area contributed by atoms with Gasteiger partial charge in [-0.1, -0.05) is 31.9 Å². The fourth-order valence-electron chi connectivity index (χ4n) is 2.01. The molecule has 0 fully saturated rings. The van der Waals surface area contributed by atoms with Crippen LogP contribution in [0.5, 0.6) is 0 Å². The van der Waals surface area contributed by atoms with Crippen molar-refractivity contribution in [3.8, 4) is 0 Å². The van der Waals surface area contributed by atoms with Gasteiger partial charge in [0.1, 0.15) is 0 Å². The summed E-state index contributed by atoms with van der Waals surface area (Å²) in [6, 6.07) is 7.19. The van der Waals surface area contributed by atoms with Gasteiger partial charge in [-0.15, -0.1) is 0 Å². The first-order valence-electron chi connectivity index (χ1n) is 6.61. The summed E-state index contributed by atoms with van der Waals surface area (Å²) in [6.45, 7) is 2.09. The zero-order chi connectivity index (χ0) is 13.7. The molecule has 3 N–H and O–H groups in total. The van der Waals surface area contributed by atoms with Gasteiger partial charge in [-0.25, -0.2) is 0 Å². The number of hydrogen-bond acceptors (Lipinski definition) is 3. The molecule has 4 heteroatoms. The lowest BCUT2D eigenvalue weighted by Crippen LogP contribution is -2.35. The molecule has 0 aliphatic heterocycles. The van der Waals surface area contributed by atoms with E-state index in [2.05, 4.69) is 17.2 Å². The average molecular weight is 257 g/mol. The van der Waals surface area contributed by atoms with Crippen molar-refractivity contribution in [2.45, 2.75) is 32.2 Å². The molecule has 0 radical (unpaired) electrons. The van der Waals surface area contributed by atoms with Crippen LogP contribution in [0.2, 0.25) is 0 Å². The van der Waals surface area contributed by atoms with E-state index in [1.165, 1.54) is 0 Å². The number of benzene rings is 1. The maximum absolute atomic E-state index is 12.0. The summed E-state index contributed by atoms with van der Waals surface area (Å²) in [6.07, 6.45) is 6.22. The predicted molar refractivity (Wildman–Crippen MR) is 77.9 cm³/mol. The van der Waals surface area contributed by atoms with Gasteiger partial charge in [0.15, 0.2) is 0 Å². The molecule has 4 nitrogen and oxygen atoms in total. The fraction of sp³-hybridized carbons (Fsp3) is 0.333. The smallest absolute Gasteiger partial charge is 0.241 e. The number of carbonyl (C=O) groups excluding carboxylic acids is 1. The van der Waals surface area contributed by atoms with Crippen molar-refractivity contribution in [3.63, 3.8) is 0 Å². The maximum Gasteiger partial charge on any atom is 0.241 e. The highest BCUT2D eigenvalue weighted by Crippen LogP contribution is 2.22. The summed E-state index contributed by atoms with van der Waals surface area (Å²) in [5.41, 5.74) is 6.66. The number of nitrogens with zero attached hydrogens (tertiary/aromatic N) is 1. The molecule has 1 heterocycles. The second kappa shape index (κ2) is 6.29. The molecule has 0 aliphatic rings. The minimum atomic E-state index is -0.447. The summed E-state index contributed by atoms with van der Waals surface area (Å²) in [5, 5.41) is 4.88. The lowest BCUT2D eigenvalue weighted by Gasteiger charge is -2.13. The number of nitrogens with one attached hydrogen (secondary N) is 1. The van der Waals surface area contributed by atoms with Crippen LogP contribution in [0.15, 0.2) is 36.7 Å². The van der Waals surface area contributed by atoms with Gasteiger partial charge >= 0.3 is 0 Å². The van der Waals surface area contributed by atoms with Crippen LogP contribution < -0.4 is 11.1 Å². The Morgan fingerprint density at radius 2 is 2.26 bits per heavy atom. The molecule has 0 spiro atoms. The maximum atomic E-state index is 12.0. The van der Waals surface area contributed by atoms with E-state index in [0.29, 0.717) is 6.42 Å². The summed E-state index contributed by atoms with van der Waals surface area (Å²) >= 11 is 0. The molecule has 0 saturated carbocycles. The van der Waals surface area contributed by atoms with Crippen molar-refractivity contribution in [1.29, 1.82) is 0 Å². The zero-order valence-electron chi connectivity index (χ0n) is 11.1. The number of fused-ring (bicyclic) bond motifs is 1. The van der Waals surface area contributed by atoms with Crippen LogP contribution in [-0.4, -0.2) is 16.9 Å². The van der Waals surface area contributed by atoms with Crippen molar-refractivity contribution in [3.05, 3.63) is 36.7 Å². The van der Waals surface area contributed by atoms with Crippen LogP contribution in [-0.2, 0) is 4.79 Å². The molecule has 1 atom stereocenters. The lowest BCUT2D eigenvalue weighted by molar-refractivity contribution is -0.117. The number of carbonyl (C=O) groups is 1. The van der Waals surface area contributed by atoms with Crippen LogP contribution in [0.3, 0.4) is 0 Å². The van der Waals surface area contributed by atoms with E-state index in [0.717, 1.165) is 29.3 Å². The third kappa shape index (κ3) is 3.29. The van der Waals surface area contributed by atoms with Crippen LogP contribution >= 0.6 is 0 Å². The summed E-state index contributed by atoms with van der Waals surface area (Å²) in [7, 11) is 0. The minimum Gasteiger partial charge on any atom is -0.324 e. The topological polar surface area (TPSA) is 68.0 Å². The van der Waals surface area contributed by atoms with E-state index in [1.54, 1.807) is 12.4 Å². The van der Waals surface area contributed by atoms with E-state index >= 15 is 0 Å². The Kier molecular flexibility index (Phi) is 4.47. The number of nitrogens with two attached hydrogens (primary N) is 1. The van der Waals surface area contributed by atoms with Crippen LogP contribution in [0.4, 0.5) is 5.69 Å². The number of pyridine rings is 1. The monoisotopic (exact) mass is 257 g/mol. The molecular formula is C15H19N3O. The zero-order valence-corrected chi connectivity index (χ0v) is 11.1. The first kappa shape index (κ1) is 13.5. The number of rotatable bonds is 5. The van der Waals surface area contributed by atoms with Crippen molar-refractivity contribution in [2.24, 2.45) is 5.73 Å². The molecule has 1 amide bonds. The molecule has 0 aliphatic carbocycles. The number of aromatic nitrogens is 1. The van der Waals surface area contributed by atoms with E-state index in [9.17, 15) is 4.79 Å². The van der Waals surface area contributed by atoms with Gasteiger partial charge in [-0.3, -0.25) is 9.78 Å². The van der Waals surface area contributed by atoms with Crippen LogP contribution in [0, 0.1) is 0 Å². The Morgan fingerprint density at radius 3 is 3.05 bits per heavy atom. The van der Waals surface area contributed by atoms with Gasteiger partial charge in [-0.05, 0) is 18.6 Å². The second-order valence-electron chi connectivity index (χ2n) is 4.64. The molecule has 1 unspecified atom stereocenters. The normalized spacial score (nSPS) is 12.3. The second-order valence-corrected chi connectivity index (χ2v) is 4.64. The van der Waals surface area contributed by atoms with E-state index in [4.69, 9.17) is 5.73 Å². The molecule has 100 valence electrons.